The van der Waals surface area contributed by atoms with Crippen LogP contribution in [0.4, 0.5) is 0 Å². The van der Waals surface area contributed by atoms with Crippen LogP contribution in [0.3, 0.4) is 0 Å². The van der Waals surface area contributed by atoms with Gasteiger partial charge in [0.15, 0.2) is 5.78 Å². The van der Waals surface area contributed by atoms with E-state index in [0.29, 0.717) is 18.0 Å². The van der Waals surface area contributed by atoms with Gasteiger partial charge >= 0.3 is 0 Å². The molecule has 114 valence electrons. The van der Waals surface area contributed by atoms with E-state index in [2.05, 4.69) is 5.32 Å². The molecule has 1 aromatic carbocycles. The van der Waals surface area contributed by atoms with Crippen molar-refractivity contribution in [2.45, 2.75) is 45.1 Å². The van der Waals surface area contributed by atoms with Crippen molar-refractivity contribution in [2.75, 3.05) is 6.54 Å². The number of amides is 1. The van der Waals surface area contributed by atoms with Gasteiger partial charge in [-0.2, -0.15) is 0 Å². The van der Waals surface area contributed by atoms with E-state index < -0.39 is 0 Å². The predicted molar refractivity (Wildman–Crippen MR) is 83.1 cm³/mol. The van der Waals surface area contributed by atoms with Gasteiger partial charge < -0.3 is 11.1 Å². The van der Waals surface area contributed by atoms with Gasteiger partial charge in [-0.25, -0.2) is 0 Å². The number of nitrogens with one attached hydrogen (secondary N) is 1. The van der Waals surface area contributed by atoms with Crippen LogP contribution in [0.5, 0.6) is 0 Å². The maximum atomic E-state index is 12.0. The summed E-state index contributed by atoms with van der Waals surface area (Å²) in [4.78, 5) is 24.1. The van der Waals surface area contributed by atoms with Crippen molar-refractivity contribution in [1.29, 1.82) is 0 Å². The fourth-order valence-corrected chi connectivity index (χ4v) is 2.53. The number of rotatable bonds is 7. The highest BCUT2D eigenvalue weighted by molar-refractivity contribution is 5.98. The first-order chi connectivity index (χ1) is 9.94. The van der Waals surface area contributed by atoms with E-state index in [1.807, 2.05) is 38.1 Å². The Bertz CT molecular complexity index is 520. The van der Waals surface area contributed by atoms with Crippen molar-refractivity contribution in [3.63, 3.8) is 0 Å². The summed E-state index contributed by atoms with van der Waals surface area (Å²) in [5, 5.41) is 3.00. The smallest absolute Gasteiger partial charge is 0.220 e. The maximum absolute atomic E-state index is 12.0. The second-order valence-corrected chi connectivity index (χ2v) is 6.23. The van der Waals surface area contributed by atoms with Gasteiger partial charge in [-0.15, -0.1) is 0 Å². The van der Waals surface area contributed by atoms with Crippen LogP contribution < -0.4 is 11.1 Å². The summed E-state index contributed by atoms with van der Waals surface area (Å²) < 4.78 is 0. The number of carbonyl (C=O) groups is 2. The van der Waals surface area contributed by atoms with E-state index in [1.54, 1.807) is 0 Å². The van der Waals surface area contributed by atoms with Gasteiger partial charge in [0.1, 0.15) is 0 Å². The van der Waals surface area contributed by atoms with Gasteiger partial charge in [-0.3, -0.25) is 9.59 Å². The predicted octanol–water partition coefficient (Wildman–Crippen LogP) is 2.20. The van der Waals surface area contributed by atoms with Crippen LogP contribution >= 0.6 is 0 Å². The molecular weight excluding hydrogens is 264 g/mol. The summed E-state index contributed by atoms with van der Waals surface area (Å²) in [5.41, 5.74) is 7.24. The minimum absolute atomic E-state index is 0.00558. The lowest BCUT2D eigenvalue weighted by Gasteiger charge is -2.29. The van der Waals surface area contributed by atoms with Crippen molar-refractivity contribution in [3.05, 3.63) is 35.4 Å². The summed E-state index contributed by atoms with van der Waals surface area (Å²) >= 11 is 0. The highest BCUT2D eigenvalue weighted by Gasteiger charge is 2.41. The molecule has 4 nitrogen and oxygen atoms in total. The van der Waals surface area contributed by atoms with Gasteiger partial charge in [0, 0.05) is 24.9 Å². The fourth-order valence-electron chi connectivity index (χ4n) is 2.53. The monoisotopic (exact) mass is 288 g/mol. The molecule has 1 saturated carbocycles. The molecule has 2 rings (SSSR count). The van der Waals surface area contributed by atoms with E-state index >= 15 is 0 Å². The number of carbonyl (C=O) groups excluding carboxylic acids is 2. The summed E-state index contributed by atoms with van der Waals surface area (Å²) in [6, 6.07) is 7.44. The second kappa shape index (κ2) is 6.39. The lowest BCUT2D eigenvalue weighted by Crippen LogP contribution is -2.53. The van der Waals surface area contributed by atoms with E-state index in [1.165, 1.54) is 0 Å². The molecule has 1 unspecified atom stereocenters. The Balaban J connectivity index is 1.83. The molecule has 4 heteroatoms. The highest BCUT2D eigenvalue weighted by atomic mass is 16.2. The molecule has 0 saturated heterocycles. The van der Waals surface area contributed by atoms with Crippen LogP contribution in [0.2, 0.25) is 0 Å². The van der Waals surface area contributed by atoms with Gasteiger partial charge in [0.25, 0.3) is 0 Å². The zero-order valence-electron chi connectivity index (χ0n) is 12.8. The van der Waals surface area contributed by atoms with Gasteiger partial charge in [0.2, 0.25) is 5.91 Å². The van der Waals surface area contributed by atoms with Gasteiger partial charge in [0.05, 0.1) is 5.54 Å². The lowest BCUT2D eigenvalue weighted by molar-refractivity contribution is -0.123. The number of ketones is 1. The molecule has 0 bridgehead atoms. The molecule has 1 fully saturated rings. The Kier molecular flexibility index (Phi) is 4.78. The second-order valence-electron chi connectivity index (χ2n) is 6.23. The fraction of sp³-hybridized carbons (Fsp3) is 0.529. The van der Waals surface area contributed by atoms with Crippen molar-refractivity contribution in [2.24, 2.45) is 11.7 Å². The molecule has 0 heterocycles. The summed E-state index contributed by atoms with van der Waals surface area (Å²) in [7, 11) is 0. The number of hydrogen-bond donors (Lipinski definition) is 2. The Hall–Kier alpha value is -1.68. The number of aryl methyl sites for hydroxylation is 1. The molecule has 1 aliphatic carbocycles. The average molecular weight is 288 g/mol. The Labute approximate surface area is 126 Å². The molecular formula is C17H24N2O2. The topological polar surface area (TPSA) is 72.2 Å². The number of hydrogen-bond acceptors (Lipinski definition) is 3. The molecule has 1 aromatic rings. The van der Waals surface area contributed by atoms with Crippen LogP contribution in [-0.2, 0) is 4.79 Å². The van der Waals surface area contributed by atoms with E-state index in [-0.39, 0.29) is 30.1 Å². The molecule has 0 spiro atoms. The summed E-state index contributed by atoms with van der Waals surface area (Å²) in [6.07, 6.45) is 2.70. The molecule has 0 aliphatic heterocycles. The third kappa shape index (κ3) is 4.14. The van der Waals surface area contributed by atoms with Crippen molar-refractivity contribution >= 4 is 11.7 Å². The lowest BCUT2D eigenvalue weighted by atomic mass is 9.95. The van der Waals surface area contributed by atoms with Crippen LogP contribution in [-0.4, -0.2) is 23.8 Å². The van der Waals surface area contributed by atoms with Gasteiger partial charge in [-0.1, -0.05) is 29.8 Å². The van der Waals surface area contributed by atoms with Crippen LogP contribution in [0.15, 0.2) is 24.3 Å². The van der Waals surface area contributed by atoms with Crippen molar-refractivity contribution in [3.8, 4) is 0 Å². The minimum Gasteiger partial charge on any atom is -0.349 e. The third-order valence-corrected chi connectivity index (χ3v) is 4.28. The SMILES string of the molecule is Cc1ccc(C(=O)CCC(=O)NC(C)(CN)C2CC2)cc1. The number of Topliss-reactive ketones (excluding diaryl/α,β-unsaturated/α-hetero) is 1. The standard InChI is InChI=1S/C17H24N2O2/c1-12-3-5-13(6-4-12)15(20)9-10-16(21)19-17(2,11-18)14-7-8-14/h3-6,14H,7-11,18H2,1-2H3,(H,19,21). The Morgan fingerprint density at radius 2 is 1.86 bits per heavy atom. The van der Waals surface area contributed by atoms with Crippen LogP contribution in [0.25, 0.3) is 0 Å². The van der Waals surface area contributed by atoms with Crippen molar-refractivity contribution in [1.82, 2.24) is 5.32 Å². The molecule has 0 aromatic heterocycles. The first-order valence-corrected chi connectivity index (χ1v) is 7.55. The average Bonchev–Trinajstić information content (AvgIpc) is 3.30. The highest BCUT2D eigenvalue weighted by Crippen LogP contribution is 2.39. The van der Waals surface area contributed by atoms with E-state index in [0.717, 1.165) is 18.4 Å². The summed E-state index contributed by atoms with van der Waals surface area (Å²) in [5.74, 6) is 0.403. The minimum atomic E-state index is -0.315. The Morgan fingerprint density at radius 1 is 1.24 bits per heavy atom. The molecule has 1 aliphatic rings. The third-order valence-electron chi connectivity index (χ3n) is 4.28. The van der Waals surface area contributed by atoms with Crippen LogP contribution in [0, 0.1) is 12.8 Å². The number of nitrogens with two attached hydrogens (primary N) is 1. The number of benzene rings is 1. The Morgan fingerprint density at radius 3 is 2.38 bits per heavy atom. The molecule has 0 radical (unpaired) electrons. The largest absolute Gasteiger partial charge is 0.349 e. The molecule has 21 heavy (non-hydrogen) atoms. The van der Waals surface area contributed by atoms with E-state index in [4.69, 9.17) is 5.73 Å². The van der Waals surface area contributed by atoms with Crippen LogP contribution in [0.1, 0.15) is 48.5 Å². The molecule has 1 amide bonds. The first-order valence-electron chi connectivity index (χ1n) is 7.55. The molecule has 1 atom stereocenters. The zero-order chi connectivity index (χ0) is 15.5. The van der Waals surface area contributed by atoms with E-state index in [9.17, 15) is 9.59 Å². The van der Waals surface area contributed by atoms with Gasteiger partial charge in [-0.05, 0) is 32.6 Å². The quantitative estimate of drug-likeness (QED) is 0.756. The van der Waals surface area contributed by atoms with Crippen molar-refractivity contribution < 1.29 is 9.59 Å². The summed E-state index contributed by atoms with van der Waals surface area (Å²) in [6.45, 7) is 4.41. The zero-order valence-corrected chi connectivity index (χ0v) is 12.8. The normalized spacial score (nSPS) is 17.1. The maximum Gasteiger partial charge on any atom is 0.220 e. The first kappa shape index (κ1) is 15.7. The molecule has 3 N–H and O–H groups in total.